The molecule has 0 saturated carbocycles. The zero-order valence-electron chi connectivity index (χ0n) is 12.6. The number of para-hydroxylation sites is 2. The molecule has 8 heteroatoms. The Morgan fingerprint density at radius 1 is 1.21 bits per heavy atom. The highest BCUT2D eigenvalue weighted by atomic mass is 32.2. The van der Waals surface area contributed by atoms with Crippen molar-refractivity contribution in [3.05, 3.63) is 47.9 Å². The van der Waals surface area contributed by atoms with Gasteiger partial charge in [0.15, 0.2) is 10.2 Å². The highest BCUT2D eigenvalue weighted by molar-refractivity contribution is 7.99. The molecule has 0 aliphatic carbocycles. The number of likely N-dealkylation sites (N-methyl/N-ethyl adjacent to an activating group) is 1. The van der Waals surface area contributed by atoms with E-state index in [0.29, 0.717) is 10.9 Å². The van der Waals surface area contributed by atoms with Crippen molar-refractivity contribution < 1.29 is 14.0 Å². The van der Waals surface area contributed by atoms with Crippen LogP contribution < -0.4 is 5.32 Å². The molecule has 3 amide bonds. The number of urea groups is 1. The minimum Gasteiger partial charge on any atom is -0.450 e. The molecule has 0 unspecified atom stereocenters. The molecule has 4 rings (SSSR count). The van der Waals surface area contributed by atoms with Crippen LogP contribution in [0.25, 0.3) is 17.1 Å². The number of aromatic amines is 1. The van der Waals surface area contributed by atoms with Crippen LogP contribution in [0.2, 0.25) is 0 Å². The van der Waals surface area contributed by atoms with E-state index in [4.69, 9.17) is 4.42 Å². The monoisotopic (exact) mass is 340 g/mol. The number of furan rings is 1. The van der Waals surface area contributed by atoms with Crippen molar-refractivity contribution in [3.8, 4) is 0 Å². The zero-order valence-corrected chi connectivity index (χ0v) is 13.4. The molecule has 1 saturated heterocycles. The Morgan fingerprint density at radius 3 is 2.79 bits per heavy atom. The lowest BCUT2D eigenvalue weighted by atomic mass is 10.3. The number of carbonyl (C=O) groups excluding carboxylic acids is 2. The molecule has 3 heterocycles. The third-order valence-corrected chi connectivity index (χ3v) is 4.34. The number of nitrogens with zero attached hydrogens (tertiary/aromatic N) is 2. The minimum atomic E-state index is -0.449. The van der Waals surface area contributed by atoms with Crippen molar-refractivity contribution in [2.75, 3.05) is 7.05 Å². The van der Waals surface area contributed by atoms with Gasteiger partial charge < -0.3 is 14.7 Å². The molecule has 2 aromatic heterocycles. The van der Waals surface area contributed by atoms with E-state index in [0.717, 1.165) is 21.1 Å². The molecule has 0 radical (unpaired) electrons. The zero-order chi connectivity index (χ0) is 16.7. The van der Waals surface area contributed by atoms with Gasteiger partial charge in [-0.15, -0.1) is 0 Å². The van der Waals surface area contributed by atoms with Crippen LogP contribution in [0.5, 0.6) is 0 Å². The molecule has 1 aliphatic rings. The molecule has 3 aromatic rings. The number of nitrogens with one attached hydrogen (secondary N) is 2. The maximum absolute atomic E-state index is 11.8. The summed E-state index contributed by atoms with van der Waals surface area (Å²) in [6.45, 7) is 0. The van der Waals surface area contributed by atoms with Crippen molar-refractivity contribution in [1.82, 2.24) is 20.2 Å². The Kier molecular flexibility index (Phi) is 3.39. The topological polar surface area (TPSA) is 91.2 Å². The number of carbonyl (C=O) groups is 2. The summed E-state index contributed by atoms with van der Waals surface area (Å²) in [7, 11) is 1.42. The van der Waals surface area contributed by atoms with Crippen LogP contribution in [0.1, 0.15) is 5.76 Å². The summed E-state index contributed by atoms with van der Waals surface area (Å²) in [5.74, 6) is 0.0930. The van der Waals surface area contributed by atoms with E-state index in [2.05, 4.69) is 15.3 Å². The lowest BCUT2D eigenvalue weighted by Crippen LogP contribution is -2.25. The van der Waals surface area contributed by atoms with Crippen LogP contribution in [0.3, 0.4) is 0 Å². The molecule has 24 heavy (non-hydrogen) atoms. The SMILES string of the molecule is CN1C(=O)N/C(=C/c2ccc(Sc3nc4ccccc4[nH]3)o2)C1=O. The van der Waals surface area contributed by atoms with E-state index in [1.165, 1.54) is 24.9 Å². The molecule has 120 valence electrons. The van der Waals surface area contributed by atoms with Gasteiger partial charge in [0.25, 0.3) is 5.91 Å². The summed E-state index contributed by atoms with van der Waals surface area (Å²) >= 11 is 1.35. The lowest BCUT2D eigenvalue weighted by molar-refractivity contribution is -0.121. The van der Waals surface area contributed by atoms with Crippen LogP contribution in [-0.4, -0.2) is 33.9 Å². The smallest absolute Gasteiger partial charge is 0.328 e. The van der Waals surface area contributed by atoms with E-state index < -0.39 is 6.03 Å². The van der Waals surface area contributed by atoms with Crippen molar-refractivity contribution in [2.45, 2.75) is 10.2 Å². The third kappa shape index (κ3) is 2.56. The Bertz CT molecular complexity index is 955. The molecule has 1 aliphatic heterocycles. The molecular weight excluding hydrogens is 328 g/mol. The summed E-state index contributed by atoms with van der Waals surface area (Å²) in [6, 6.07) is 10.8. The fourth-order valence-corrected chi connectivity index (χ4v) is 3.07. The van der Waals surface area contributed by atoms with Gasteiger partial charge in [-0.05, 0) is 36.0 Å². The molecule has 1 fully saturated rings. The standard InChI is InChI=1S/C16H12N4O3S/c1-20-14(21)12(19-16(20)22)8-9-6-7-13(23-9)24-15-17-10-4-2-3-5-11(10)18-15/h2-8H,1H3,(H,17,18)(H,19,22)/b12-8+. The summed E-state index contributed by atoms with van der Waals surface area (Å²) in [6.07, 6.45) is 1.51. The highest BCUT2D eigenvalue weighted by Crippen LogP contribution is 2.29. The third-order valence-electron chi connectivity index (χ3n) is 3.53. The van der Waals surface area contributed by atoms with E-state index >= 15 is 0 Å². The van der Waals surface area contributed by atoms with Gasteiger partial charge in [-0.3, -0.25) is 9.69 Å². The maximum Gasteiger partial charge on any atom is 0.328 e. The number of benzene rings is 1. The van der Waals surface area contributed by atoms with Gasteiger partial charge in [-0.25, -0.2) is 9.78 Å². The number of rotatable bonds is 3. The van der Waals surface area contributed by atoms with Crippen molar-refractivity contribution in [1.29, 1.82) is 0 Å². The number of fused-ring (bicyclic) bond motifs is 1. The predicted octanol–water partition coefficient (Wildman–Crippen LogP) is 2.83. The number of H-pyrrole nitrogens is 1. The Morgan fingerprint density at radius 2 is 2.04 bits per heavy atom. The van der Waals surface area contributed by atoms with Gasteiger partial charge in [0.05, 0.1) is 11.0 Å². The molecule has 0 bridgehead atoms. The van der Waals surface area contributed by atoms with Gasteiger partial charge >= 0.3 is 6.03 Å². The quantitative estimate of drug-likeness (QED) is 0.565. The molecule has 0 spiro atoms. The average Bonchev–Trinajstić information content (AvgIpc) is 3.24. The fraction of sp³-hybridized carbons (Fsp3) is 0.0625. The van der Waals surface area contributed by atoms with Crippen LogP contribution in [0.4, 0.5) is 4.79 Å². The number of aromatic nitrogens is 2. The normalized spacial score (nSPS) is 16.4. The Hall–Kier alpha value is -3.00. The van der Waals surface area contributed by atoms with E-state index in [9.17, 15) is 9.59 Å². The molecule has 7 nitrogen and oxygen atoms in total. The second kappa shape index (κ2) is 5.57. The first kappa shape index (κ1) is 14.6. The fourth-order valence-electron chi connectivity index (χ4n) is 2.31. The van der Waals surface area contributed by atoms with Crippen LogP contribution in [-0.2, 0) is 4.79 Å². The lowest BCUT2D eigenvalue weighted by Gasteiger charge is -1.99. The van der Waals surface area contributed by atoms with Crippen molar-refractivity contribution in [2.24, 2.45) is 0 Å². The summed E-state index contributed by atoms with van der Waals surface area (Å²) < 4.78 is 5.67. The minimum absolute atomic E-state index is 0.192. The average molecular weight is 340 g/mol. The van der Waals surface area contributed by atoms with Crippen molar-refractivity contribution >= 4 is 40.8 Å². The first-order valence-corrected chi connectivity index (χ1v) is 7.95. The number of hydrogen-bond donors (Lipinski definition) is 2. The number of amides is 3. The van der Waals surface area contributed by atoms with Crippen LogP contribution in [0, 0.1) is 0 Å². The van der Waals surface area contributed by atoms with Crippen LogP contribution >= 0.6 is 11.8 Å². The van der Waals surface area contributed by atoms with Gasteiger partial charge in [0.1, 0.15) is 11.5 Å². The number of hydrogen-bond acceptors (Lipinski definition) is 5. The Labute approximate surface area is 140 Å². The first-order valence-electron chi connectivity index (χ1n) is 7.13. The van der Waals surface area contributed by atoms with Gasteiger partial charge in [-0.1, -0.05) is 12.1 Å². The summed E-state index contributed by atoms with van der Waals surface area (Å²) in [5.41, 5.74) is 2.03. The predicted molar refractivity (Wildman–Crippen MR) is 88.2 cm³/mol. The molecule has 2 N–H and O–H groups in total. The molecular formula is C16H12N4O3S. The van der Waals surface area contributed by atoms with Crippen LogP contribution in [0.15, 0.2) is 56.8 Å². The maximum atomic E-state index is 11.8. The van der Waals surface area contributed by atoms with E-state index in [1.54, 1.807) is 12.1 Å². The Balaban J connectivity index is 1.55. The van der Waals surface area contributed by atoms with Gasteiger partial charge in [-0.2, -0.15) is 0 Å². The van der Waals surface area contributed by atoms with Crippen molar-refractivity contribution in [3.63, 3.8) is 0 Å². The largest absolute Gasteiger partial charge is 0.450 e. The first-order chi connectivity index (χ1) is 11.6. The second-order valence-electron chi connectivity index (χ2n) is 5.17. The second-order valence-corrected chi connectivity index (χ2v) is 6.16. The summed E-state index contributed by atoms with van der Waals surface area (Å²) in [4.78, 5) is 31.9. The molecule has 1 aromatic carbocycles. The van der Waals surface area contributed by atoms with E-state index in [1.807, 2.05) is 24.3 Å². The number of imide groups is 1. The number of imidazole rings is 1. The highest BCUT2D eigenvalue weighted by Gasteiger charge is 2.30. The van der Waals surface area contributed by atoms with E-state index in [-0.39, 0.29) is 11.6 Å². The van der Waals surface area contributed by atoms with Gasteiger partial charge in [0.2, 0.25) is 0 Å². The van der Waals surface area contributed by atoms with Gasteiger partial charge in [0, 0.05) is 13.1 Å². The summed E-state index contributed by atoms with van der Waals surface area (Å²) in [5, 5.41) is 3.84. The molecule has 0 atom stereocenters.